The number of nitrogens with one attached hydrogen (secondary N) is 2. The van der Waals surface area contributed by atoms with Crippen molar-refractivity contribution in [2.75, 3.05) is 12.4 Å². The molecule has 0 spiro atoms. The Kier molecular flexibility index (Phi) is 3.54. The number of aryl methyl sites for hydroxylation is 2. The molecule has 0 aromatic carbocycles. The lowest BCUT2D eigenvalue weighted by molar-refractivity contribution is -0.121. The fourth-order valence-corrected chi connectivity index (χ4v) is 0.881. The summed E-state index contributed by atoms with van der Waals surface area (Å²) in [6.45, 7) is 7.19. The number of likely N-dealkylation sites (N-methyl/N-ethyl adjacent to an activating group) is 1. The Morgan fingerprint density at radius 2 is 1.81 bits per heavy atom. The molecular weight excluding hydrogens is 206 g/mol. The number of aromatic nitrogens is 3. The fraction of sp³-hybridized carbons (Fsp3) is 0.600. The van der Waals surface area contributed by atoms with E-state index in [0.717, 1.165) is 11.4 Å². The van der Waals surface area contributed by atoms with Crippen molar-refractivity contribution in [3.8, 4) is 0 Å². The number of rotatable bonds is 3. The van der Waals surface area contributed by atoms with Crippen LogP contribution in [-0.2, 0) is 4.79 Å². The van der Waals surface area contributed by atoms with E-state index in [0.29, 0.717) is 0 Å². The van der Waals surface area contributed by atoms with Crippen LogP contribution in [0.1, 0.15) is 25.2 Å². The smallest absolute Gasteiger partial charge is 0.249 e. The van der Waals surface area contributed by atoms with Crippen LogP contribution in [0.2, 0.25) is 0 Å². The maximum atomic E-state index is 11.8. The molecule has 0 radical (unpaired) electrons. The zero-order chi connectivity index (χ0) is 12.3. The van der Waals surface area contributed by atoms with E-state index in [1.54, 1.807) is 20.9 Å². The third-order valence-corrected chi connectivity index (χ3v) is 2.51. The molecule has 1 aromatic rings. The highest BCUT2D eigenvalue weighted by molar-refractivity contribution is 5.96. The SMILES string of the molecule is CNC(C)(C)C(=O)Nc1nnc(C)c(C)n1. The minimum absolute atomic E-state index is 0.194. The first kappa shape index (κ1) is 12.5. The van der Waals surface area contributed by atoms with Gasteiger partial charge in [0, 0.05) is 0 Å². The van der Waals surface area contributed by atoms with Crippen LogP contribution in [0.15, 0.2) is 0 Å². The van der Waals surface area contributed by atoms with Crippen molar-refractivity contribution in [2.45, 2.75) is 33.2 Å². The molecule has 0 aliphatic rings. The fourth-order valence-electron chi connectivity index (χ4n) is 0.881. The maximum Gasteiger partial charge on any atom is 0.249 e. The van der Waals surface area contributed by atoms with Gasteiger partial charge in [-0.15, -0.1) is 5.10 Å². The summed E-state index contributed by atoms with van der Waals surface area (Å²) in [6, 6.07) is 0. The molecule has 0 aliphatic carbocycles. The van der Waals surface area contributed by atoms with Crippen LogP contribution < -0.4 is 10.6 Å². The monoisotopic (exact) mass is 223 g/mol. The average Bonchev–Trinajstić information content (AvgIpc) is 2.23. The second-order valence-corrected chi connectivity index (χ2v) is 4.14. The lowest BCUT2D eigenvalue weighted by atomic mass is 10.1. The quantitative estimate of drug-likeness (QED) is 0.776. The van der Waals surface area contributed by atoms with Crippen LogP contribution in [-0.4, -0.2) is 33.7 Å². The van der Waals surface area contributed by atoms with Gasteiger partial charge in [-0.05, 0) is 34.7 Å². The molecule has 0 unspecified atom stereocenters. The molecule has 0 aliphatic heterocycles. The van der Waals surface area contributed by atoms with Crippen molar-refractivity contribution in [3.05, 3.63) is 11.4 Å². The predicted molar refractivity (Wildman–Crippen MR) is 61.1 cm³/mol. The molecule has 6 nitrogen and oxygen atoms in total. The van der Waals surface area contributed by atoms with Crippen LogP contribution in [0.3, 0.4) is 0 Å². The summed E-state index contributed by atoms with van der Waals surface area (Å²) in [7, 11) is 1.72. The van der Waals surface area contributed by atoms with Gasteiger partial charge in [-0.3, -0.25) is 10.1 Å². The van der Waals surface area contributed by atoms with E-state index in [1.807, 2.05) is 13.8 Å². The average molecular weight is 223 g/mol. The molecule has 0 atom stereocenters. The van der Waals surface area contributed by atoms with Crippen molar-refractivity contribution < 1.29 is 4.79 Å². The summed E-state index contributed by atoms with van der Waals surface area (Å²) in [6.07, 6.45) is 0. The predicted octanol–water partition coefficient (Wildman–Crippen LogP) is 0.425. The van der Waals surface area contributed by atoms with Gasteiger partial charge < -0.3 is 5.32 Å². The topological polar surface area (TPSA) is 79.8 Å². The zero-order valence-corrected chi connectivity index (χ0v) is 10.2. The lowest BCUT2D eigenvalue weighted by Gasteiger charge is -2.21. The summed E-state index contributed by atoms with van der Waals surface area (Å²) < 4.78 is 0. The van der Waals surface area contributed by atoms with Crippen molar-refractivity contribution in [2.24, 2.45) is 0 Å². The minimum Gasteiger partial charge on any atom is -0.307 e. The highest BCUT2D eigenvalue weighted by Crippen LogP contribution is 2.06. The number of hydrogen-bond acceptors (Lipinski definition) is 5. The Morgan fingerprint density at radius 3 is 2.31 bits per heavy atom. The molecule has 88 valence electrons. The first-order valence-electron chi connectivity index (χ1n) is 5.05. The van der Waals surface area contributed by atoms with E-state index >= 15 is 0 Å². The van der Waals surface area contributed by atoms with Crippen LogP contribution in [0.4, 0.5) is 5.95 Å². The molecule has 16 heavy (non-hydrogen) atoms. The Labute approximate surface area is 94.9 Å². The lowest BCUT2D eigenvalue weighted by Crippen LogP contribution is -2.48. The summed E-state index contributed by atoms with van der Waals surface area (Å²) in [5, 5.41) is 13.2. The molecule has 0 fully saturated rings. The second kappa shape index (κ2) is 4.52. The summed E-state index contributed by atoms with van der Waals surface area (Å²) in [5.41, 5.74) is 0.848. The number of carbonyl (C=O) groups excluding carboxylic acids is 1. The third-order valence-electron chi connectivity index (χ3n) is 2.51. The first-order valence-corrected chi connectivity index (χ1v) is 5.05. The molecule has 2 N–H and O–H groups in total. The third kappa shape index (κ3) is 2.73. The van der Waals surface area contributed by atoms with Gasteiger partial charge in [-0.2, -0.15) is 5.10 Å². The molecule has 1 rings (SSSR count). The number of amides is 1. The molecule has 1 heterocycles. The van der Waals surface area contributed by atoms with Gasteiger partial charge in [-0.1, -0.05) is 0 Å². The van der Waals surface area contributed by atoms with Gasteiger partial charge in [0.25, 0.3) is 0 Å². The molecule has 1 aromatic heterocycles. The van der Waals surface area contributed by atoms with Gasteiger partial charge >= 0.3 is 0 Å². The Bertz CT molecular complexity index is 402. The van der Waals surface area contributed by atoms with Crippen molar-refractivity contribution in [1.82, 2.24) is 20.5 Å². The van der Waals surface area contributed by atoms with Crippen LogP contribution in [0, 0.1) is 13.8 Å². The van der Waals surface area contributed by atoms with Gasteiger partial charge in [0.15, 0.2) is 0 Å². The van der Waals surface area contributed by atoms with E-state index in [9.17, 15) is 4.79 Å². The van der Waals surface area contributed by atoms with Crippen LogP contribution in [0.5, 0.6) is 0 Å². The minimum atomic E-state index is -0.665. The molecule has 0 saturated heterocycles. The number of hydrogen-bond donors (Lipinski definition) is 2. The Balaban J connectivity index is 2.82. The van der Waals surface area contributed by atoms with Gasteiger partial charge in [0.1, 0.15) is 0 Å². The van der Waals surface area contributed by atoms with E-state index < -0.39 is 5.54 Å². The number of carbonyl (C=O) groups is 1. The number of anilines is 1. The van der Waals surface area contributed by atoms with Gasteiger partial charge in [0.2, 0.25) is 11.9 Å². The van der Waals surface area contributed by atoms with Gasteiger partial charge in [-0.25, -0.2) is 4.98 Å². The molecular formula is C10H17N5O. The van der Waals surface area contributed by atoms with Crippen LogP contribution >= 0.6 is 0 Å². The van der Waals surface area contributed by atoms with Crippen molar-refractivity contribution >= 4 is 11.9 Å². The number of nitrogens with zero attached hydrogens (tertiary/aromatic N) is 3. The highest BCUT2D eigenvalue weighted by Gasteiger charge is 2.25. The Hall–Kier alpha value is -1.56. The summed E-state index contributed by atoms with van der Waals surface area (Å²) >= 11 is 0. The zero-order valence-electron chi connectivity index (χ0n) is 10.2. The Morgan fingerprint density at radius 1 is 1.19 bits per heavy atom. The largest absolute Gasteiger partial charge is 0.307 e. The van der Waals surface area contributed by atoms with Crippen molar-refractivity contribution in [3.63, 3.8) is 0 Å². The molecule has 1 amide bonds. The summed E-state index contributed by atoms with van der Waals surface area (Å²) in [4.78, 5) is 15.9. The van der Waals surface area contributed by atoms with E-state index in [2.05, 4.69) is 25.8 Å². The standard InChI is InChI=1S/C10H17N5O/c1-6-7(2)14-15-9(12-6)13-8(16)10(3,4)11-5/h11H,1-5H3,(H,12,13,15,16). The normalized spacial score (nSPS) is 11.3. The van der Waals surface area contributed by atoms with Gasteiger partial charge in [0.05, 0.1) is 16.9 Å². The van der Waals surface area contributed by atoms with E-state index in [1.165, 1.54) is 0 Å². The maximum absolute atomic E-state index is 11.8. The second-order valence-electron chi connectivity index (χ2n) is 4.14. The van der Waals surface area contributed by atoms with Crippen molar-refractivity contribution in [1.29, 1.82) is 0 Å². The van der Waals surface area contributed by atoms with E-state index in [4.69, 9.17) is 0 Å². The van der Waals surface area contributed by atoms with E-state index in [-0.39, 0.29) is 11.9 Å². The molecule has 6 heteroatoms. The first-order chi connectivity index (χ1) is 7.36. The highest BCUT2D eigenvalue weighted by atomic mass is 16.2. The van der Waals surface area contributed by atoms with Crippen LogP contribution in [0.25, 0.3) is 0 Å². The molecule has 0 saturated carbocycles. The molecule has 0 bridgehead atoms. The summed E-state index contributed by atoms with van der Waals surface area (Å²) in [5.74, 6) is 0.0384.